The van der Waals surface area contributed by atoms with E-state index in [1.54, 1.807) is 36.3 Å². The highest BCUT2D eigenvalue weighted by Crippen LogP contribution is 2.08. The summed E-state index contributed by atoms with van der Waals surface area (Å²) >= 11 is 0. The Morgan fingerprint density at radius 3 is 2.76 bits per heavy atom. The normalized spacial score (nSPS) is 10.0. The van der Waals surface area contributed by atoms with Gasteiger partial charge in [0.15, 0.2) is 0 Å². The van der Waals surface area contributed by atoms with Gasteiger partial charge in [0.05, 0.1) is 17.4 Å². The third-order valence-electron chi connectivity index (χ3n) is 2.14. The topological polar surface area (TPSA) is 97.9 Å². The number of amides is 1. The predicted octanol–water partition coefficient (Wildman–Crippen LogP) is 0.353. The molecule has 0 atom stereocenters. The zero-order valence-corrected chi connectivity index (χ0v) is 9.21. The minimum absolute atomic E-state index is 0.242. The number of nitrogens with two attached hydrogens (primary N) is 1. The van der Waals surface area contributed by atoms with Crippen molar-refractivity contribution in [3.05, 3.63) is 36.3 Å². The van der Waals surface area contributed by atoms with Crippen molar-refractivity contribution in [3.63, 3.8) is 0 Å². The molecule has 4 N–H and O–H groups in total. The van der Waals surface area contributed by atoms with Crippen LogP contribution in [0.4, 0.5) is 11.5 Å². The first-order chi connectivity index (χ1) is 8.19. The van der Waals surface area contributed by atoms with Crippen LogP contribution in [0.3, 0.4) is 0 Å². The lowest BCUT2D eigenvalue weighted by Crippen LogP contribution is -2.13. The van der Waals surface area contributed by atoms with Crippen LogP contribution in [0.15, 0.2) is 30.7 Å². The van der Waals surface area contributed by atoms with Crippen molar-refractivity contribution in [1.82, 2.24) is 14.8 Å². The van der Waals surface area contributed by atoms with Gasteiger partial charge in [0, 0.05) is 19.4 Å². The largest absolute Gasteiger partial charge is 0.319 e. The molecule has 2 aromatic rings. The molecule has 0 aliphatic carbocycles. The SMILES string of the molecule is Cn1cc(NC(=O)c2ccc(NN)nc2)cn1. The molecule has 0 aliphatic heterocycles. The molecule has 2 rings (SSSR count). The van der Waals surface area contributed by atoms with Gasteiger partial charge in [0.25, 0.3) is 5.91 Å². The Labute approximate surface area is 97.6 Å². The molecule has 0 aliphatic rings. The Kier molecular flexibility index (Phi) is 3.01. The molecule has 0 radical (unpaired) electrons. The summed E-state index contributed by atoms with van der Waals surface area (Å²) in [5, 5.41) is 6.65. The molecule has 0 unspecified atom stereocenters. The molecular weight excluding hydrogens is 220 g/mol. The van der Waals surface area contributed by atoms with Gasteiger partial charge in [-0.15, -0.1) is 0 Å². The third kappa shape index (κ3) is 2.58. The van der Waals surface area contributed by atoms with Gasteiger partial charge in [-0.05, 0) is 12.1 Å². The van der Waals surface area contributed by atoms with E-state index in [2.05, 4.69) is 20.8 Å². The van der Waals surface area contributed by atoms with Gasteiger partial charge in [0.2, 0.25) is 0 Å². The van der Waals surface area contributed by atoms with Gasteiger partial charge in [-0.2, -0.15) is 5.10 Å². The van der Waals surface area contributed by atoms with E-state index in [1.807, 2.05) is 0 Å². The lowest BCUT2D eigenvalue weighted by Gasteiger charge is -2.03. The summed E-state index contributed by atoms with van der Waals surface area (Å²) < 4.78 is 1.61. The summed E-state index contributed by atoms with van der Waals surface area (Å²) in [5.74, 6) is 5.44. The van der Waals surface area contributed by atoms with Crippen LogP contribution in [0, 0.1) is 0 Å². The van der Waals surface area contributed by atoms with Crippen molar-refractivity contribution >= 4 is 17.4 Å². The summed E-state index contributed by atoms with van der Waals surface area (Å²) in [4.78, 5) is 15.7. The molecule has 0 saturated carbocycles. The number of nitrogens with one attached hydrogen (secondary N) is 2. The Bertz CT molecular complexity index is 518. The fraction of sp³-hybridized carbons (Fsp3) is 0.100. The number of nitrogens with zero attached hydrogens (tertiary/aromatic N) is 3. The number of pyridine rings is 1. The summed E-state index contributed by atoms with van der Waals surface area (Å²) in [5.41, 5.74) is 3.48. The van der Waals surface area contributed by atoms with E-state index in [0.29, 0.717) is 17.1 Å². The van der Waals surface area contributed by atoms with Crippen LogP contribution in [0.1, 0.15) is 10.4 Å². The lowest BCUT2D eigenvalue weighted by molar-refractivity contribution is 0.102. The Balaban J connectivity index is 2.09. The first-order valence-corrected chi connectivity index (χ1v) is 4.91. The molecular formula is C10H12N6O. The van der Waals surface area contributed by atoms with Crippen molar-refractivity contribution < 1.29 is 4.79 Å². The third-order valence-corrected chi connectivity index (χ3v) is 2.14. The maximum Gasteiger partial charge on any atom is 0.257 e. The number of carbonyl (C=O) groups excluding carboxylic acids is 1. The highest BCUT2D eigenvalue weighted by Gasteiger charge is 2.07. The van der Waals surface area contributed by atoms with E-state index in [1.165, 1.54) is 6.20 Å². The lowest BCUT2D eigenvalue weighted by atomic mass is 10.2. The number of aromatic nitrogens is 3. The number of nitrogen functional groups attached to an aromatic ring is 1. The Hall–Kier alpha value is -2.41. The maximum atomic E-state index is 11.8. The number of aryl methyl sites for hydroxylation is 1. The number of carbonyl (C=O) groups is 1. The Morgan fingerprint density at radius 2 is 2.24 bits per heavy atom. The van der Waals surface area contributed by atoms with Crippen molar-refractivity contribution in [3.8, 4) is 0 Å². The van der Waals surface area contributed by atoms with Crippen molar-refractivity contribution in [2.24, 2.45) is 12.9 Å². The molecule has 2 heterocycles. The summed E-state index contributed by atoms with van der Waals surface area (Å²) in [6.45, 7) is 0. The summed E-state index contributed by atoms with van der Waals surface area (Å²) in [7, 11) is 1.78. The smallest absolute Gasteiger partial charge is 0.257 e. The van der Waals surface area contributed by atoms with Gasteiger partial charge in [0.1, 0.15) is 5.82 Å². The number of rotatable bonds is 3. The Morgan fingerprint density at radius 1 is 1.41 bits per heavy atom. The quantitative estimate of drug-likeness (QED) is 0.524. The van der Waals surface area contributed by atoms with Crippen LogP contribution in [-0.4, -0.2) is 20.7 Å². The van der Waals surface area contributed by atoms with E-state index >= 15 is 0 Å². The van der Waals surface area contributed by atoms with Crippen LogP contribution in [-0.2, 0) is 7.05 Å². The van der Waals surface area contributed by atoms with Crippen LogP contribution >= 0.6 is 0 Å². The highest BCUT2D eigenvalue weighted by molar-refractivity contribution is 6.03. The van der Waals surface area contributed by atoms with E-state index in [4.69, 9.17) is 5.84 Å². The van der Waals surface area contributed by atoms with Gasteiger partial charge in [-0.1, -0.05) is 0 Å². The van der Waals surface area contributed by atoms with Crippen LogP contribution in [0.5, 0.6) is 0 Å². The predicted molar refractivity (Wildman–Crippen MR) is 63.2 cm³/mol. The minimum Gasteiger partial charge on any atom is -0.319 e. The van der Waals surface area contributed by atoms with E-state index in [9.17, 15) is 4.79 Å². The number of anilines is 2. The van der Waals surface area contributed by atoms with Crippen molar-refractivity contribution in [2.45, 2.75) is 0 Å². The molecule has 2 aromatic heterocycles. The molecule has 0 bridgehead atoms. The molecule has 1 amide bonds. The monoisotopic (exact) mass is 232 g/mol. The molecule has 0 saturated heterocycles. The van der Waals surface area contributed by atoms with Gasteiger partial charge in [-0.25, -0.2) is 10.8 Å². The fourth-order valence-electron chi connectivity index (χ4n) is 1.30. The maximum absolute atomic E-state index is 11.8. The molecule has 7 nitrogen and oxygen atoms in total. The molecule has 0 aromatic carbocycles. The van der Waals surface area contributed by atoms with Crippen LogP contribution in [0.25, 0.3) is 0 Å². The standard InChI is InChI=1S/C10H12N6O/c1-16-6-8(5-13-16)14-10(17)7-2-3-9(15-11)12-4-7/h2-6H,11H2,1H3,(H,12,15)(H,14,17). The van der Waals surface area contributed by atoms with E-state index < -0.39 is 0 Å². The molecule has 0 fully saturated rings. The highest BCUT2D eigenvalue weighted by atomic mass is 16.1. The van der Waals surface area contributed by atoms with Crippen LogP contribution in [0.2, 0.25) is 0 Å². The molecule has 88 valence electrons. The van der Waals surface area contributed by atoms with Crippen molar-refractivity contribution in [1.29, 1.82) is 0 Å². The molecule has 17 heavy (non-hydrogen) atoms. The second-order valence-corrected chi connectivity index (χ2v) is 3.43. The second-order valence-electron chi connectivity index (χ2n) is 3.43. The van der Waals surface area contributed by atoms with E-state index in [0.717, 1.165) is 0 Å². The average molecular weight is 232 g/mol. The molecule has 7 heteroatoms. The second kappa shape index (κ2) is 4.62. The van der Waals surface area contributed by atoms with Gasteiger partial charge in [-0.3, -0.25) is 9.48 Å². The zero-order valence-electron chi connectivity index (χ0n) is 9.21. The summed E-state index contributed by atoms with van der Waals surface area (Å²) in [6.07, 6.45) is 4.73. The molecule has 0 spiro atoms. The number of hydrazine groups is 1. The van der Waals surface area contributed by atoms with Gasteiger partial charge < -0.3 is 10.7 Å². The fourth-order valence-corrected chi connectivity index (χ4v) is 1.30. The number of hydrogen-bond acceptors (Lipinski definition) is 5. The average Bonchev–Trinajstić information content (AvgIpc) is 2.75. The minimum atomic E-state index is -0.242. The first kappa shape index (κ1) is 11.1. The number of hydrogen-bond donors (Lipinski definition) is 3. The zero-order chi connectivity index (χ0) is 12.3. The van der Waals surface area contributed by atoms with Crippen LogP contribution < -0.4 is 16.6 Å². The first-order valence-electron chi connectivity index (χ1n) is 4.91. The van der Waals surface area contributed by atoms with Gasteiger partial charge >= 0.3 is 0 Å². The van der Waals surface area contributed by atoms with Crippen molar-refractivity contribution in [2.75, 3.05) is 10.7 Å². The van der Waals surface area contributed by atoms with E-state index in [-0.39, 0.29) is 5.91 Å². The summed E-state index contributed by atoms with van der Waals surface area (Å²) in [6, 6.07) is 3.26.